The van der Waals surface area contributed by atoms with Crippen molar-refractivity contribution in [1.29, 1.82) is 0 Å². The number of halogens is 1. The predicted molar refractivity (Wildman–Crippen MR) is 122 cm³/mol. The third-order valence-corrected chi connectivity index (χ3v) is 4.79. The van der Waals surface area contributed by atoms with Crippen LogP contribution in [-0.2, 0) is 27.2 Å². The van der Waals surface area contributed by atoms with E-state index in [2.05, 4.69) is 5.32 Å². The lowest BCUT2D eigenvalue weighted by Gasteiger charge is -2.10. The van der Waals surface area contributed by atoms with E-state index in [0.29, 0.717) is 41.7 Å². The topological polar surface area (TPSA) is 64.6 Å². The Morgan fingerprint density at radius 3 is 2.35 bits per heavy atom. The summed E-state index contributed by atoms with van der Waals surface area (Å²) in [6.07, 6.45) is 1.26. The van der Waals surface area contributed by atoms with E-state index in [4.69, 9.17) is 21.1 Å². The Bertz CT molecular complexity index is 1020. The normalized spacial score (nSPS) is 10.4. The lowest BCUT2D eigenvalue weighted by atomic mass is 10.1. The molecule has 0 spiro atoms. The zero-order chi connectivity index (χ0) is 22.1. The van der Waals surface area contributed by atoms with Crippen molar-refractivity contribution in [2.75, 3.05) is 11.9 Å². The molecule has 0 bridgehead atoms. The molecule has 1 amide bonds. The van der Waals surface area contributed by atoms with Crippen LogP contribution in [0.5, 0.6) is 11.5 Å². The first-order valence-electron chi connectivity index (χ1n) is 10.1. The minimum atomic E-state index is -0.298. The first-order chi connectivity index (χ1) is 15.0. The van der Waals surface area contributed by atoms with Gasteiger partial charge in [0.1, 0.15) is 11.5 Å². The molecule has 6 heteroatoms. The third-order valence-electron chi connectivity index (χ3n) is 4.50. The number of hydrogen-bond acceptors (Lipinski definition) is 4. The summed E-state index contributed by atoms with van der Waals surface area (Å²) in [5.74, 6) is 0.725. The van der Waals surface area contributed by atoms with Gasteiger partial charge in [0.25, 0.3) is 0 Å². The number of carbonyl (C=O) groups excluding carboxylic acids is 2. The van der Waals surface area contributed by atoms with Crippen LogP contribution in [0.4, 0.5) is 5.69 Å². The first kappa shape index (κ1) is 22.4. The van der Waals surface area contributed by atoms with E-state index < -0.39 is 0 Å². The molecule has 0 radical (unpaired) electrons. The van der Waals surface area contributed by atoms with Gasteiger partial charge in [0.2, 0.25) is 5.91 Å². The van der Waals surface area contributed by atoms with Gasteiger partial charge in [-0.15, -0.1) is 0 Å². The van der Waals surface area contributed by atoms with Gasteiger partial charge in [0.15, 0.2) is 0 Å². The Kier molecular flexibility index (Phi) is 8.07. The molecule has 5 nitrogen and oxygen atoms in total. The highest BCUT2D eigenvalue weighted by atomic mass is 35.5. The van der Waals surface area contributed by atoms with Crippen LogP contribution >= 0.6 is 11.6 Å². The van der Waals surface area contributed by atoms with Crippen LogP contribution in [0.2, 0.25) is 5.02 Å². The van der Waals surface area contributed by atoms with Crippen molar-refractivity contribution in [3.05, 3.63) is 88.9 Å². The Labute approximate surface area is 187 Å². The minimum absolute atomic E-state index is 0.0437. The number of anilines is 1. The van der Waals surface area contributed by atoms with E-state index in [1.807, 2.05) is 30.3 Å². The van der Waals surface area contributed by atoms with Crippen molar-refractivity contribution in [2.45, 2.75) is 26.2 Å². The fraction of sp³-hybridized carbons (Fsp3) is 0.200. The fourth-order valence-electron chi connectivity index (χ4n) is 2.98. The highest BCUT2D eigenvalue weighted by Crippen LogP contribution is 2.31. The van der Waals surface area contributed by atoms with E-state index >= 15 is 0 Å². The van der Waals surface area contributed by atoms with Crippen LogP contribution in [0.3, 0.4) is 0 Å². The number of hydrogen-bond donors (Lipinski definition) is 1. The average molecular weight is 438 g/mol. The van der Waals surface area contributed by atoms with Crippen LogP contribution in [-0.4, -0.2) is 18.5 Å². The quantitative estimate of drug-likeness (QED) is 0.429. The van der Waals surface area contributed by atoms with Crippen LogP contribution in [0.25, 0.3) is 0 Å². The molecule has 0 aliphatic rings. The molecule has 31 heavy (non-hydrogen) atoms. The van der Waals surface area contributed by atoms with Crippen LogP contribution in [0, 0.1) is 0 Å². The molecule has 0 aliphatic heterocycles. The van der Waals surface area contributed by atoms with Crippen LogP contribution in [0.15, 0.2) is 72.8 Å². The molecule has 0 saturated carbocycles. The molecule has 0 aliphatic carbocycles. The summed E-state index contributed by atoms with van der Waals surface area (Å²) < 4.78 is 10.8. The first-order valence-corrected chi connectivity index (χ1v) is 10.5. The standard InChI is InChI=1S/C25H24ClNO4/c1-2-30-25(29)17-19-8-14-23(22(26)16-19)31-21-12-10-20(11-13-21)27-24(28)15-9-18-6-4-3-5-7-18/h3-8,10-14,16H,2,9,15,17H2,1H3,(H,27,28). The molecule has 0 saturated heterocycles. The zero-order valence-electron chi connectivity index (χ0n) is 17.3. The maximum atomic E-state index is 12.2. The second-order valence-electron chi connectivity index (χ2n) is 6.91. The second-order valence-corrected chi connectivity index (χ2v) is 7.31. The van der Waals surface area contributed by atoms with Crippen molar-refractivity contribution >= 4 is 29.2 Å². The Morgan fingerprint density at radius 1 is 0.935 bits per heavy atom. The summed E-state index contributed by atoms with van der Waals surface area (Å²) in [7, 11) is 0. The van der Waals surface area contributed by atoms with E-state index in [-0.39, 0.29) is 18.3 Å². The van der Waals surface area contributed by atoms with E-state index in [1.165, 1.54) is 0 Å². The molecular weight excluding hydrogens is 414 g/mol. The second kappa shape index (κ2) is 11.2. The zero-order valence-corrected chi connectivity index (χ0v) is 18.0. The van der Waals surface area contributed by atoms with Crippen molar-refractivity contribution in [3.63, 3.8) is 0 Å². The number of nitrogens with one attached hydrogen (secondary N) is 1. The van der Waals surface area contributed by atoms with E-state index in [1.54, 1.807) is 49.4 Å². The fourth-order valence-corrected chi connectivity index (χ4v) is 3.22. The molecule has 0 fully saturated rings. The Morgan fingerprint density at radius 2 is 1.68 bits per heavy atom. The molecule has 3 aromatic rings. The predicted octanol–water partition coefficient (Wildman–Crippen LogP) is 5.81. The Hall–Kier alpha value is -3.31. The third kappa shape index (κ3) is 7.15. The average Bonchev–Trinajstić information content (AvgIpc) is 2.76. The van der Waals surface area contributed by atoms with Gasteiger partial charge in [-0.25, -0.2) is 0 Å². The molecule has 3 aromatic carbocycles. The number of esters is 1. The summed E-state index contributed by atoms with van der Waals surface area (Å²) in [5.41, 5.74) is 2.58. The number of aryl methyl sites for hydroxylation is 1. The molecule has 160 valence electrons. The molecular formula is C25H24ClNO4. The van der Waals surface area contributed by atoms with Crippen LogP contribution < -0.4 is 10.1 Å². The molecule has 1 N–H and O–H groups in total. The lowest BCUT2D eigenvalue weighted by Crippen LogP contribution is -2.12. The molecule has 0 aromatic heterocycles. The molecule has 0 atom stereocenters. The van der Waals surface area contributed by atoms with Gasteiger partial charge in [-0.1, -0.05) is 48.0 Å². The summed E-state index contributed by atoms with van der Waals surface area (Å²) in [4.78, 5) is 23.8. The van der Waals surface area contributed by atoms with Crippen LogP contribution in [0.1, 0.15) is 24.5 Å². The SMILES string of the molecule is CCOC(=O)Cc1ccc(Oc2ccc(NC(=O)CCc3ccccc3)cc2)c(Cl)c1. The van der Waals surface area contributed by atoms with Crippen molar-refractivity contribution in [1.82, 2.24) is 0 Å². The van der Waals surface area contributed by atoms with Gasteiger partial charge in [0, 0.05) is 12.1 Å². The minimum Gasteiger partial charge on any atom is -0.466 e. The van der Waals surface area contributed by atoms with Gasteiger partial charge >= 0.3 is 5.97 Å². The van der Waals surface area contributed by atoms with Crippen molar-refractivity contribution in [2.24, 2.45) is 0 Å². The van der Waals surface area contributed by atoms with E-state index in [9.17, 15) is 9.59 Å². The highest BCUT2D eigenvalue weighted by molar-refractivity contribution is 6.32. The number of rotatable bonds is 9. The van der Waals surface area contributed by atoms with Crippen molar-refractivity contribution < 1.29 is 19.1 Å². The molecule has 0 heterocycles. The van der Waals surface area contributed by atoms with Gasteiger partial charge in [0.05, 0.1) is 18.1 Å². The number of ether oxygens (including phenoxy) is 2. The summed E-state index contributed by atoms with van der Waals surface area (Å²) in [6, 6.07) is 22.2. The maximum Gasteiger partial charge on any atom is 0.310 e. The lowest BCUT2D eigenvalue weighted by molar-refractivity contribution is -0.142. The monoisotopic (exact) mass is 437 g/mol. The summed E-state index contributed by atoms with van der Waals surface area (Å²) >= 11 is 6.29. The maximum absolute atomic E-state index is 12.2. The summed E-state index contributed by atoms with van der Waals surface area (Å²) in [5, 5.41) is 3.29. The molecule has 3 rings (SSSR count). The largest absolute Gasteiger partial charge is 0.466 e. The molecule has 0 unspecified atom stereocenters. The van der Waals surface area contributed by atoms with E-state index in [0.717, 1.165) is 11.1 Å². The smallest absolute Gasteiger partial charge is 0.310 e. The van der Waals surface area contributed by atoms with Gasteiger partial charge in [-0.3, -0.25) is 9.59 Å². The summed E-state index contributed by atoms with van der Waals surface area (Å²) in [6.45, 7) is 2.11. The number of benzene rings is 3. The Balaban J connectivity index is 1.53. The number of amides is 1. The van der Waals surface area contributed by atoms with Gasteiger partial charge in [-0.2, -0.15) is 0 Å². The number of carbonyl (C=O) groups is 2. The highest BCUT2D eigenvalue weighted by Gasteiger charge is 2.09. The van der Waals surface area contributed by atoms with Gasteiger partial charge < -0.3 is 14.8 Å². The van der Waals surface area contributed by atoms with Crippen molar-refractivity contribution in [3.8, 4) is 11.5 Å². The van der Waals surface area contributed by atoms with Gasteiger partial charge in [-0.05, 0) is 60.9 Å².